The molecule has 0 aliphatic carbocycles. The molecule has 1 fully saturated rings. The third-order valence-electron chi connectivity index (χ3n) is 6.71. The van der Waals surface area contributed by atoms with E-state index in [0.29, 0.717) is 42.4 Å². The Bertz CT molecular complexity index is 1350. The van der Waals surface area contributed by atoms with E-state index in [-0.39, 0.29) is 6.04 Å². The summed E-state index contributed by atoms with van der Waals surface area (Å²) in [6, 6.07) is 14.1. The van der Waals surface area contributed by atoms with Crippen LogP contribution >= 0.6 is 0 Å². The van der Waals surface area contributed by atoms with Crippen LogP contribution < -0.4 is 19.7 Å². The van der Waals surface area contributed by atoms with Crippen molar-refractivity contribution < 1.29 is 23.4 Å². The molecule has 2 aromatic heterocycles. The van der Waals surface area contributed by atoms with E-state index >= 15 is 0 Å². The topological polar surface area (TPSA) is 91.0 Å². The number of esters is 1. The number of hydrogen-bond acceptors (Lipinski definition) is 8. The standard InChI is InChI=1S/C29H34N4O5/c1-4-36-25-16-20(17-26(37-5-2)27(25)32-14-6-7-15-32)19-33(22-10-12-30-13-11-22)29-31-23-18-21(28(34)35-3)8-9-24(23)38-29/h6-9,14-18,22,30H,4-5,10-13,19H2,1-3H3. The first-order valence-corrected chi connectivity index (χ1v) is 13.1. The number of nitrogens with one attached hydrogen (secondary N) is 1. The van der Waals surface area contributed by atoms with Crippen LogP contribution in [0.3, 0.4) is 0 Å². The maximum absolute atomic E-state index is 12.0. The molecule has 38 heavy (non-hydrogen) atoms. The van der Waals surface area contributed by atoms with Crippen molar-refractivity contribution in [2.24, 2.45) is 0 Å². The molecular formula is C29H34N4O5. The van der Waals surface area contributed by atoms with Crippen molar-refractivity contribution in [2.45, 2.75) is 39.3 Å². The third kappa shape index (κ3) is 5.33. The molecule has 1 saturated heterocycles. The lowest BCUT2D eigenvalue weighted by atomic mass is 10.0. The predicted molar refractivity (Wildman–Crippen MR) is 146 cm³/mol. The predicted octanol–water partition coefficient (Wildman–Crippen LogP) is 4.96. The maximum atomic E-state index is 12.0. The molecule has 0 saturated carbocycles. The first-order valence-electron chi connectivity index (χ1n) is 13.1. The minimum Gasteiger partial charge on any atom is -0.492 e. The number of aromatic nitrogens is 2. The van der Waals surface area contributed by atoms with E-state index < -0.39 is 5.97 Å². The molecular weight excluding hydrogens is 484 g/mol. The van der Waals surface area contributed by atoms with E-state index in [2.05, 4.69) is 22.3 Å². The van der Waals surface area contributed by atoms with Gasteiger partial charge in [-0.15, -0.1) is 0 Å². The highest BCUT2D eigenvalue weighted by atomic mass is 16.5. The van der Waals surface area contributed by atoms with Crippen LogP contribution in [0, 0.1) is 0 Å². The summed E-state index contributed by atoms with van der Waals surface area (Å²) in [4.78, 5) is 19.1. The minimum atomic E-state index is -0.402. The fraction of sp³-hybridized carbons (Fsp3) is 0.379. The molecule has 4 aromatic rings. The highest BCUT2D eigenvalue weighted by Gasteiger charge is 2.27. The van der Waals surface area contributed by atoms with Gasteiger partial charge < -0.3 is 33.4 Å². The third-order valence-corrected chi connectivity index (χ3v) is 6.71. The Morgan fingerprint density at radius 1 is 1.08 bits per heavy atom. The van der Waals surface area contributed by atoms with Crippen molar-refractivity contribution in [3.05, 3.63) is 66.0 Å². The van der Waals surface area contributed by atoms with Crippen molar-refractivity contribution >= 4 is 23.1 Å². The summed E-state index contributed by atoms with van der Waals surface area (Å²) < 4.78 is 25.3. The number of carbonyl (C=O) groups excluding carboxylic acids is 1. The molecule has 5 rings (SSSR count). The van der Waals surface area contributed by atoms with Gasteiger partial charge in [0.2, 0.25) is 0 Å². The van der Waals surface area contributed by atoms with Gasteiger partial charge in [0, 0.05) is 25.0 Å². The van der Waals surface area contributed by atoms with Gasteiger partial charge in [-0.1, -0.05) is 0 Å². The van der Waals surface area contributed by atoms with Crippen molar-refractivity contribution in [1.29, 1.82) is 0 Å². The van der Waals surface area contributed by atoms with Gasteiger partial charge in [0.1, 0.15) is 22.7 Å². The maximum Gasteiger partial charge on any atom is 0.337 e. The molecule has 0 amide bonds. The van der Waals surface area contributed by atoms with Gasteiger partial charge >= 0.3 is 5.97 Å². The number of piperidine rings is 1. The molecule has 0 atom stereocenters. The molecule has 1 aliphatic rings. The molecule has 9 nitrogen and oxygen atoms in total. The Balaban J connectivity index is 1.55. The van der Waals surface area contributed by atoms with E-state index in [0.717, 1.165) is 48.7 Å². The van der Waals surface area contributed by atoms with Crippen molar-refractivity contribution in [3.63, 3.8) is 0 Å². The normalized spacial score (nSPS) is 14.0. The number of ether oxygens (including phenoxy) is 3. The van der Waals surface area contributed by atoms with E-state index in [1.54, 1.807) is 18.2 Å². The average Bonchev–Trinajstić information content (AvgIpc) is 3.62. The number of anilines is 1. The number of rotatable bonds is 10. The van der Waals surface area contributed by atoms with Crippen LogP contribution in [-0.2, 0) is 11.3 Å². The van der Waals surface area contributed by atoms with Crippen LogP contribution in [0.1, 0.15) is 42.6 Å². The Kier molecular flexibility index (Phi) is 7.83. The molecule has 0 radical (unpaired) electrons. The SMILES string of the molecule is CCOc1cc(CN(c2nc3cc(C(=O)OC)ccc3o2)C2CCNCC2)cc(OCC)c1-n1cccc1. The Labute approximate surface area is 222 Å². The Morgan fingerprint density at radius 3 is 2.39 bits per heavy atom. The van der Waals surface area contributed by atoms with Crippen LogP contribution in [0.25, 0.3) is 16.8 Å². The number of benzene rings is 2. The molecule has 9 heteroatoms. The fourth-order valence-electron chi connectivity index (χ4n) is 4.95. The van der Waals surface area contributed by atoms with Crippen LogP contribution in [-0.4, -0.2) is 55.0 Å². The van der Waals surface area contributed by atoms with E-state index in [9.17, 15) is 4.79 Å². The lowest BCUT2D eigenvalue weighted by Gasteiger charge is -2.34. The summed E-state index contributed by atoms with van der Waals surface area (Å²) in [5.74, 6) is 1.12. The largest absolute Gasteiger partial charge is 0.492 e. The van der Waals surface area contributed by atoms with Gasteiger partial charge in [-0.25, -0.2) is 4.79 Å². The molecule has 2 aromatic carbocycles. The molecule has 200 valence electrons. The van der Waals surface area contributed by atoms with Gasteiger partial charge in [0.05, 0.1) is 25.9 Å². The zero-order valence-corrected chi connectivity index (χ0v) is 22.1. The van der Waals surface area contributed by atoms with E-state index in [4.69, 9.17) is 23.6 Å². The molecule has 3 heterocycles. The average molecular weight is 519 g/mol. The Morgan fingerprint density at radius 2 is 1.76 bits per heavy atom. The van der Waals surface area contributed by atoms with E-state index in [1.165, 1.54) is 7.11 Å². The van der Waals surface area contributed by atoms with Crippen LogP contribution in [0.4, 0.5) is 6.01 Å². The summed E-state index contributed by atoms with van der Waals surface area (Å²) in [6.07, 6.45) is 5.90. The molecule has 0 spiro atoms. The van der Waals surface area contributed by atoms with Crippen LogP contribution in [0.15, 0.2) is 59.3 Å². The lowest BCUT2D eigenvalue weighted by molar-refractivity contribution is 0.0601. The highest BCUT2D eigenvalue weighted by molar-refractivity contribution is 5.93. The number of carbonyl (C=O) groups is 1. The molecule has 1 aliphatic heterocycles. The second-order valence-electron chi connectivity index (χ2n) is 9.18. The second kappa shape index (κ2) is 11.6. The number of fused-ring (bicyclic) bond motifs is 1. The first-order chi connectivity index (χ1) is 18.6. The molecule has 1 N–H and O–H groups in total. The fourth-order valence-corrected chi connectivity index (χ4v) is 4.95. The number of nitrogens with zero attached hydrogens (tertiary/aromatic N) is 3. The van der Waals surface area contributed by atoms with Crippen LogP contribution in [0.2, 0.25) is 0 Å². The number of hydrogen-bond donors (Lipinski definition) is 1. The summed E-state index contributed by atoms with van der Waals surface area (Å²) in [5, 5.41) is 3.44. The van der Waals surface area contributed by atoms with Crippen molar-refractivity contribution in [3.8, 4) is 17.2 Å². The highest BCUT2D eigenvalue weighted by Crippen LogP contribution is 2.37. The summed E-state index contributed by atoms with van der Waals surface area (Å²) in [7, 11) is 1.37. The zero-order chi connectivity index (χ0) is 26.5. The summed E-state index contributed by atoms with van der Waals surface area (Å²) >= 11 is 0. The number of methoxy groups -OCH3 is 1. The van der Waals surface area contributed by atoms with Crippen molar-refractivity contribution in [1.82, 2.24) is 14.9 Å². The quantitative estimate of drug-likeness (QED) is 0.295. The zero-order valence-electron chi connectivity index (χ0n) is 22.1. The summed E-state index contributed by atoms with van der Waals surface area (Å²) in [5.41, 5.74) is 3.60. The van der Waals surface area contributed by atoms with Crippen molar-refractivity contribution in [2.75, 3.05) is 38.3 Å². The van der Waals surface area contributed by atoms with E-state index in [1.807, 2.05) is 42.9 Å². The Hall–Kier alpha value is -3.98. The van der Waals surface area contributed by atoms with Gasteiger partial charge in [-0.3, -0.25) is 0 Å². The smallest absolute Gasteiger partial charge is 0.337 e. The summed E-state index contributed by atoms with van der Waals surface area (Å²) in [6.45, 7) is 7.45. The van der Waals surface area contributed by atoms with Gasteiger partial charge in [-0.05, 0) is 87.8 Å². The second-order valence-corrected chi connectivity index (χ2v) is 9.18. The molecule has 0 unspecified atom stereocenters. The van der Waals surface area contributed by atoms with Gasteiger partial charge in [-0.2, -0.15) is 4.98 Å². The number of oxazole rings is 1. The lowest BCUT2D eigenvalue weighted by Crippen LogP contribution is -2.43. The van der Waals surface area contributed by atoms with Gasteiger partial charge in [0.15, 0.2) is 5.58 Å². The van der Waals surface area contributed by atoms with Crippen LogP contribution in [0.5, 0.6) is 11.5 Å². The molecule has 0 bridgehead atoms. The monoisotopic (exact) mass is 518 g/mol. The minimum absolute atomic E-state index is 0.236. The first kappa shape index (κ1) is 25.7. The van der Waals surface area contributed by atoms with Gasteiger partial charge in [0.25, 0.3) is 6.01 Å².